The number of rotatable bonds is 6. The summed E-state index contributed by atoms with van der Waals surface area (Å²) in [6, 6.07) is 3.10. The maximum absolute atomic E-state index is 14.1. The SMILES string of the molecule is CCCCC(=O)N1C[C@@H]2C(N(C)c3nc(-c4ccncc4F)cc(=O)n3C)[C@@H]2C1. The summed E-state index contributed by atoms with van der Waals surface area (Å²) in [7, 11) is 3.59. The highest BCUT2D eigenvalue weighted by Gasteiger charge is 2.59. The Hall–Kier alpha value is -2.77. The van der Waals surface area contributed by atoms with Gasteiger partial charge in [-0.2, -0.15) is 0 Å². The monoisotopic (exact) mass is 399 g/mol. The molecular weight excluding hydrogens is 373 g/mol. The molecule has 0 aromatic carbocycles. The average molecular weight is 399 g/mol. The van der Waals surface area contributed by atoms with Crippen molar-refractivity contribution < 1.29 is 9.18 Å². The molecule has 4 rings (SSSR count). The Kier molecular flexibility index (Phi) is 5.10. The van der Waals surface area contributed by atoms with E-state index in [1.54, 1.807) is 7.05 Å². The summed E-state index contributed by atoms with van der Waals surface area (Å²) < 4.78 is 15.6. The second-order valence-electron chi connectivity index (χ2n) is 8.03. The van der Waals surface area contributed by atoms with Gasteiger partial charge in [0.25, 0.3) is 5.56 Å². The number of amides is 1. The van der Waals surface area contributed by atoms with Crippen LogP contribution < -0.4 is 10.5 Å². The average Bonchev–Trinajstić information content (AvgIpc) is 3.21. The Morgan fingerprint density at radius 3 is 2.72 bits per heavy atom. The smallest absolute Gasteiger partial charge is 0.255 e. The maximum Gasteiger partial charge on any atom is 0.255 e. The topological polar surface area (TPSA) is 71.3 Å². The number of likely N-dealkylation sites (tertiary alicyclic amines) is 1. The standard InChI is InChI=1S/C21H26FN5O2/c1-4-5-6-18(28)27-11-14-15(12-27)20(14)26(3)21-24-17(9-19(29)25(21)2)13-7-8-23-10-16(13)22/h7-10,14-15,20H,4-6,11-12H2,1-3H3/t14-,15+,20?. The first-order valence-electron chi connectivity index (χ1n) is 10.1. The Morgan fingerprint density at radius 2 is 2.07 bits per heavy atom. The van der Waals surface area contributed by atoms with Crippen LogP contribution in [0.15, 0.2) is 29.3 Å². The number of nitrogens with zero attached hydrogens (tertiary/aromatic N) is 5. The van der Waals surface area contributed by atoms with Crippen molar-refractivity contribution in [1.29, 1.82) is 0 Å². The van der Waals surface area contributed by atoms with Gasteiger partial charge in [0.15, 0.2) is 5.82 Å². The third-order valence-electron chi connectivity index (χ3n) is 6.17. The molecule has 0 N–H and O–H groups in total. The molecule has 2 aromatic rings. The number of carbonyl (C=O) groups is 1. The lowest BCUT2D eigenvalue weighted by atomic mass is 10.2. The Labute approximate surface area is 169 Å². The molecule has 2 aromatic heterocycles. The van der Waals surface area contributed by atoms with Crippen molar-refractivity contribution in [3.63, 3.8) is 0 Å². The van der Waals surface area contributed by atoms with Gasteiger partial charge in [-0.1, -0.05) is 13.3 Å². The lowest BCUT2D eigenvalue weighted by Crippen LogP contribution is -2.38. The van der Waals surface area contributed by atoms with E-state index in [4.69, 9.17) is 0 Å². The minimum absolute atomic E-state index is 0.237. The zero-order valence-electron chi connectivity index (χ0n) is 17.0. The molecule has 1 unspecified atom stereocenters. The molecule has 3 atom stereocenters. The first-order valence-corrected chi connectivity index (χ1v) is 10.1. The highest BCUT2D eigenvalue weighted by Crippen LogP contribution is 2.49. The predicted octanol–water partition coefficient (Wildman–Crippen LogP) is 2.06. The zero-order chi connectivity index (χ0) is 20.7. The number of hydrogen-bond acceptors (Lipinski definition) is 5. The molecule has 29 heavy (non-hydrogen) atoms. The van der Waals surface area contributed by atoms with Crippen LogP contribution >= 0.6 is 0 Å². The number of aromatic nitrogens is 3. The van der Waals surface area contributed by atoms with E-state index in [0.717, 1.165) is 32.1 Å². The molecule has 1 saturated heterocycles. The van der Waals surface area contributed by atoms with Gasteiger partial charge in [-0.05, 0) is 12.5 Å². The number of piperidine rings is 1. The van der Waals surface area contributed by atoms with Crippen LogP contribution in [0, 0.1) is 17.7 Å². The van der Waals surface area contributed by atoms with E-state index in [2.05, 4.69) is 16.9 Å². The van der Waals surface area contributed by atoms with Gasteiger partial charge in [0.2, 0.25) is 11.9 Å². The molecule has 1 aliphatic heterocycles. The maximum atomic E-state index is 14.1. The van der Waals surface area contributed by atoms with Gasteiger partial charge in [-0.15, -0.1) is 0 Å². The molecule has 1 aliphatic carbocycles. The molecule has 0 spiro atoms. The van der Waals surface area contributed by atoms with Crippen LogP contribution in [0.2, 0.25) is 0 Å². The van der Waals surface area contributed by atoms with Crippen molar-refractivity contribution in [3.8, 4) is 11.3 Å². The van der Waals surface area contributed by atoms with Crippen LogP contribution in [0.25, 0.3) is 11.3 Å². The second-order valence-corrected chi connectivity index (χ2v) is 8.03. The molecule has 154 valence electrons. The minimum Gasteiger partial charge on any atom is -0.342 e. The van der Waals surface area contributed by atoms with Crippen LogP contribution in [0.4, 0.5) is 10.3 Å². The van der Waals surface area contributed by atoms with Crippen molar-refractivity contribution in [2.75, 3.05) is 25.0 Å². The van der Waals surface area contributed by atoms with Gasteiger partial charge in [0, 0.05) is 69.3 Å². The third kappa shape index (κ3) is 3.52. The molecule has 0 bridgehead atoms. The van der Waals surface area contributed by atoms with E-state index in [1.807, 2.05) is 16.8 Å². The van der Waals surface area contributed by atoms with Crippen LogP contribution in [0.1, 0.15) is 26.2 Å². The third-order valence-corrected chi connectivity index (χ3v) is 6.17. The molecule has 0 radical (unpaired) electrons. The van der Waals surface area contributed by atoms with Crippen LogP contribution in [0.5, 0.6) is 0 Å². The van der Waals surface area contributed by atoms with Gasteiger partial charge in [-0.3, -0.25) is 19.1 Å². The summed E-state index contributed by atoms with van der Waals surface area (Å²) in [5.41, 5.74) is 0.323. The first-order chi connectivity index (χ1) is 13.9. The van der Waals surface area contributed by atoms with Gasteiger partial charge < -0.3 is 9.80 Å². The van der Waals surface area contributed by atoms with Gasteiger partial charge in [0.05, 0.1) is 11.9 Å². The Balaban J connectivity index is 1.53. The Bertz CT molecular complexity index is 979. The molecular formula is C21H26FN5O2. The van der Waals surface area contributed by atoms with E-state index in [-0.39, 0.29) is 23.1 Å². The summed E-state index contributed by atoms with van der Waals surface area (Å²) in [6.45, 7) is 3.60. The van der Waals surface area contributed by atoms with Crippen LogP contribution in [0.3, 0.4) is 0 Å². The lowest BCUT2D eigenvalue weighted by Gasteiger charge is -2.26. The molecule has 3 heterocycles. The van der Waals surface area contributed by atoms with Gasteiger partial charge in [-0.25, -0.2) is 9.37 Å². The van der Waals surface area contributed by atoms with E-state index in [0.29, 0.717) is 29.9 Å². The molecule has 8 heteroatoms. The summed E-state index contributed by atoms with van der Waals surface area (Å²) in [5.74, 6) is 1.02. The number of pyridine rings is 1. The minimum atomic E-state index is -0.508. The van der Waals surface area contributed by atoms with Crippen LogP contribution in [-0.4, -0.2) is 51.5 Å². The van der Waals surface area contributed by atoms with Crippen molar-refractivity contribution >= 4 is 11.9 Å². The van der Waals surface area contributed by atoms with Gasteiger partial charge >= 0.3 is 0 Å². The van der Waals surface area contributed by atoms with Crippen molar-refractivity contribution in [3.05, 3.63) is 40.7 Å². The first kappa shape index (κ1) is 19.5. The number of carbonyl (C=O) groups excluding carboxylic acids is 1. The summed E-state index contributed by atoms with van der Waals surface area (Å²) >= 11 is 0. The van der Waals surface area contributed by atoms with Crippen LogP contribution in [-0.2, 0) is 11.8 Å². The Morgan fingerprint density at radius 1 is 1.34 bits per heavy atom. The normalized spacial score (nSPS) is 22.5. The zero-order valence-corrected chi connectivity index (χ0v) is 17.0. The van der Waals surface area contributed by atoms with Crippen molar-refractivity contribution in [1.82, 2.24) is 19.4 Å². The van der Waals surface area contributed by atoms with E-state index in [1.165, 1.54) is 22.9 Å². The molecule has 1 amide bonds. The fourth-order valence-corrected chi connectivity index (χ4v) is 4.46. The quantitative estimate of drug-likeness (QED) is 0.744. The van der Waals surface area contributed by atoms with Crippen molar-refractivity contribution in [2.24, 2.45) is 18.9 Å². The molecule has 1 saturated carbocycles. The number of fused-ring (bicyclic) bond motifs is 1. The van der Waals surface area contributed by atoms with E-state index < -0.39 is 5.82 Å². The summed E-state index contributed by atoms with van der Waals surface area (Å²) in [5, 5.41) is 0. The lowest BCUT2D eigenvalue weighted by molar-refractivity contribution is -0.130. The van der Waals surface area contributed by atoms with Crippen molar-refractivity contribution in [2.45, 2.75) is 32.2 Å². The highest BCUT2D eigenvalue weighted by molar-refractivity contribution is 5.77. The fraction of sp³-hybridized carbons (Fsp3) is 0.524. The number of anilines is 1. The highest BCUT2D eigenvalue weighted by atomic mass is 19.1. The predicted molar refractivity (Wildman–Crippen MR) is 108 cm³/mol. The number of halogens is 1. The number of unbranched alkanes of at least 4 members (excludes halogenated alkanes) is 1. The van der Waals surface area contributed by atoms with E-state index in [9.17, 15) is 14.0 Å². The molecule has 2 aliphatic rings. The van der Waals surface area contributed by atoms with E-state index >= 15 is 0 Å². The largest absolute Gasteiger partial charge is 0.342 e. The summed E-state index contributed by atoms with van der Waals surface area (Å²) in [4.78, 5) is 37.1. The fourth-order valence-electron chi connectivity index (χ4n) is 4.46. The molecule has 2 fully saturated rings. The summed E-state index contributed by atoms with van der Waals surface area (Å²) in [6.07, 6.45) is 5.17. The molecule has 7 nitrogen and oxygen atoms in total. The number of hydrogen-bond donors (Lipinski definition) is 0. The second kappa shape index (κ2) is 7.57. The van der Waals surface area contributed by atoms with Gasteiger partial charge in [0.1, 0.15) is 0 Å².